The molecule has 4 aromatic rings. The van der Waals surface area contributed by atoms with Crippen LogP contribution in [0.1, 0.15) is 23.5 Å². The van der Waals surface area contributed by atoms with E-state index in [0.29, 0.717) is 5.11 Å². The molecule has 2 atom stereocenters. The lowest BCUT2D eigenvalue weighted by Gasteiger charge is -2.31. The van der Waals surface area contributed by atoms with Gasteiger partial charge in [-0.25, -0.2) is 0 Å². The topological polar surface area (TPSA) is 48.8 Å². The Bertz CT molecular complexity index is 1380. The zero-order valence-electron chi connectivity index (χ0n) is 21.7. The van der Waals surface area contributed by atoms with Crippen molar-refractivity contribution in [2.24, 2.45) is 0 Å². The number of nitrogens with zero attached hydrogens (tertiary/aromatic N) is 5. The smallest absolute Gasteiger partial charge is 0.174 e. The minimum atomic E-state index is -0.0997. The summed E-state index contributed by atoms with van der Waals surface area (Å²) in [6.45, 7) is 3.35. The molecule has 194 valence electrons. The molecule has 0 amide bonds. The van der Waals surface area contributed by atoms with Crippen LogP contribution in [-0.2, 0) is 4.74 Å². The molecule has 2 saturated heterocycles. The van der Waals surface area contributed by atoms with Gasteiger partial charge in [0, 0.05) is 68.0 Å². The van der Waals surface area contributed by atoms with Gasteiger partial charge in [-0.2, -0.15) is 0 Å². The molecule has 2 aromatic heterocycles. The van der Waals surface area contributed by atoms with Crippen molar-refractivity contribution in [2.75, 3.05) is 55.1 Å². The molecule has 38 heavy (non-hydrogen) atoms. The second-order valence-corrected chi connectivity index (χ2v) is 10.2. The Morgan fingerprint density at radius 3 is 2.26 bits per heavy atom. The molecule has 2 fully saturated rings. The van der Waals surface area contributed by atoms with Crippen LogP contribution in [0.25, 0.3) is 5.69 Å². The molecular formula is C30H32N6OS. The van der Waals surface area contributed by atoms with E-state index in [1.54, 1.807) is 0 Å². The maximum Gasteiger partial charge on any atom is 0.174 e. The number of hydrogen-bond donors (Lipinski definition) is 1. The highest BCUT2D eigenvalue weighted by Gasteiger charge is 2.42. The minimum Gasteiger partial charge on any atom is -0.378 e. The van der Waals surface area contributed by atoms with Crippen molar-refractivity contribution in [3.63, 3.8) is 0 Å². The third kappa shape index (κ3) is 4.61. The summed E-state index contributed by atoms with van der Waals surface area (Å²) in [7, 11) is 4.11. The molecule has 2 aliphatic rings. The van der Waals surface area contributed by atoms with Crippen LogP contribution in [0.3, 0.4) is 0 Å². The third-order valence-corrected chi connectivity index (χ3v) is 7.64. The lowest BCUT2D eigenvalue weighted by Crippen LogP contribution is -2.36. The molecule has 8 heteroatoms. The molecule has 0 spiro atoms. The van der Waals surface area contributed by atoms with Crippen molar-refractivity contribution in [1.82, 2.24) is 14.9 Å². The monoisotopic (exact) mass is 524 g/mol. The van der Waals surface area contributed by atoms with Gasteiger partial charge < -0.3 is 29.3 Å². The number of aromatic nitrogens is 2. The SMILES string of the molecule is CN(C)c1ccc(-n2cccc2[C@@H]2[C@H](c3ccccn3)NC(=S)N2c2ccc(N3CCOCC3)cc2)cc1. The number of anilines is 3. The van der Waals surface area contributed by atoms with Crippen LogP contribution in [0.2, 0.25) is 0 Å². The molecule has 2 aliphatic heterocycles. The van der Waals surface area contributed by atoms with Crippen molar-refractivity contribution in [1.29, 1.82) is 0 Å². The van der Waals surface area contributed by atoms with Crippen molar-refractivity contribution < 1.29 is 4.74 Å². The van der Waals surface area contributed by atoms with Crippen LogP contribution in [0.15, 0.2) is 91.3 Å². The van der Waals surface area contributed by atoms with Gasteiger partial charge >= 0.3 is 0 Å². The largest absolute Gasteiger partial charge is 0.378 e. The van der Waals surface area contributed by atoms with Gasteiger partial charge in [-0.3, -0.25) is 4.98 Å². The first-order chi connectivity index (χ1) is 18.6. The van der Waals surface area contributed by atoms with Gasteiger partial charge in [0.25, 0.3) is 0 Å². The summed E-state index contributed by atoms with van der Waals surface area (Å²) >= 11 is 5.96. The lowest BCUT2D eigenvalue weighted by atomic mass is 10.0. The van der Waals surface area contributed by atoms with Crippen molar-refractivity contribution in [2.45, 2.75) is 12.1 Å². The normalized spacial score (nSPS) is 19.5. The van der Waals surface area contributed by atoms with Crippen LogP contribution in [0.4, 0.5) is 17.1 Å². The summed E-state index contributed by atoms with van der Waals surface area (Å²) in [5.74, 6) is 0. The Balaban J connectivity index is 1.40. The Morgan fingerprint density at radius 2 is 1.58 bits per heavy atom. The summed E-state index contributed by atoms with van der Waals surface area (Å²) < 4.78 is 7.78. The van der Waals surface area contributed by atoms with Gasteiger partial charge in [0.2, 0.25) is 0 Å². The maximum absolute atomic E-state index is 5.96. The van der Waals surface area contributed by atoms with Crippen molar-refractivity contribution in [3.8, 4) is 5.69 Å². The molecule has 1 N–H and O–H groups in total. The van der Waals surface area contributed by atoms with E-state index in [1.165, 1.54) is 11.4 Å². The number of benzene rings is 2. The van der Waals surface area contributed by atoms with Crippen molar-refractivity contribution >= 4 is 34.4 Å². The molecule has 0 aliphatic carbocycles. The second-order valence-electron chi connectivity index (χ2n) is 9.83. The van der Waals surface area contributed by atoms with Crippen LogP contribution >= 0.6 is 12.2 Å². The summed E-state index contributed by atoms with van der Waals surface area (Å²) in [6, 6.07) is 27.5. The fourth-order valence-corrected chi connectivity index (χ4v) is 5.71. The van der Waals surface area contributed by atoms with E-state index in [0.717, 1.165) is 49.1 Å². The lowest BCUT2D eigenvalue weighted by molar-refractivity contribution is 0.122. The van der Waals surface area contributed by atoms with Gasteiger partial charge in [0.15, 0.2) is 5.11 Å². The van der Waals surface area contributed by atoms with E-state index in [2.05, 4.69) is 112 Å². The first kappa shape index (κ1) is 24.5. The molecule has 4 heterocycles. The third-order valence-electron chi connectivity index (χ3n) is 7.33. The van der Waals surface area contributed by atoms with E-state index in [4.69, 9.17) is 21.9 Å². The van der Waals surface area contributed by atoms with Crippen LogP contribution < -0.4 is 20.0 Å². The van der Waals surface area contributed by atoms with E-state index in [-0.39, 0.29) is 12.1 Å². The Morgan fingerprint density at radius 1 is 0.868 bits per heavy atom. The number of nitrogens with one attached hydrogen (secondary N) is 1. The zero-order valence-corrected chi connectivity index (χ0v) is 22.5. The molecule has 7 nitrogen and oxygen atoms in total. The molecule has 6 rings (SSSR count). The van der Waals surface area contributed by atoms with Gasteiger partial charge in [-0.15, -0.1) is 0 Å². The molecule has 0 unspecified atom stereocenters. The average Bonchev–Trinajstić information content (AvgIpc) is 3.58. The van der Waals surface area contributed by atoms with E-state index < -0.39 is 0 Å². The van der Waals surface area contributed by atoms with E-state index in [9.17, 15) is 0 Å². The number of rotatable bonds is 6. The van der Waals surface area contributed by atoms with Gasteiger partial charge in [-0.1, -0.05) is 6.07 Å². The molecular weight excluding hydrogens is 492 g/mol. The quantitative estimate of drug-likeness (QED) is 0.358. The summed E-state index contributed by atoms with van der Waals surface area (Å²) in [6.07, 6.45) is 3.96. The highest BCUT2D eigenvalue weighted by Crippen LogP contribution is 2.42. The van der Waals surface area contributed by atoms with Crippen molar-refractivity contribution in [3.05, 3.63) is 103 Å². The Kier molecular flexibility index (Phi) is 6.74. The fraction of sp³-hybridized carbons (Fsp3) is 0.267. The maximum atomic E-state index is 5.96. The highest BCUT2D eigenvalue weighted by molar-refractivity contribution is 7.80. The molecule has 0 radical (unpaired) electrons. The van der Waals surface area contributed by atoms with E-state index in [1.807, 2.05) is 18.3 Å². The molecule has 0 bridgehead atoms. The standard InChI is InChI=1S/C30H32N6OS/c1-33(2)22-8-12-24(13-9-22)35-17-5-7-27(35)29-28(26-6-3-4-16-31-26)32-30(38)36(29)25-14-10-23(11-15-25)34-18-20-37-21-19-34/h3-17,28-29H,18-21H2,1-2H3,(H,32,38)/t28-,29+/m0/s1. The van der Waals surface area contributed by atoms with Crippen LogP contribution in [0, 0.1) is 0 Å². The number of hydrogen-bond acceptors (Lipinski definition) is 5. The van der Waals surface area contributed by atoms with Gasteiger partial charge in [0.1, 0.15) is 6.04 Å². The summed E-state index contributed by atoms with van der Waals surface area (Å²) in [5, 5.41) is 4.28. The predicted molar refractivity (Wildman–Crippen MR) is 158 cm³/mol. The van der Waals surface area contributed by atoms with E-state index >= 15 is 0 Å². The van der Waals surface area contributed by atoms with Crippen LogP contribution in [0.5, 0.6) is 0 Å². The number of ether oxygens (including phenoxy) is 1. The average molecular weight is 525 g/mol. The summed E-state index contributed by atoms with van der Waals surface area (Å²) in [4.78, 5) is 11.4. The predicted octanol–water partition coefficient (Wildman–Crippen LogP) is 4.95. The zero-order chi connectivity index (χ0) is 26.1. The van der Waals surface area contributed by atoms with Gasteiger partial charge in [-0.05, 0) is 85.0 Å². The fourth-order valence-electron chi connectivity index (χ4n) is 5.36. The minimum absolute atomic E-state index is 0.0878. The number of pyridine rings is 1. The number of thiocarbonyl (C=S) groups is 1. The first-order valence-electron chi connectivity index (χ1n) is 13.0. The summed E-state index contributed by atoms with van der Waals surface area (Å²) in [5.41, 5.74) is 6.64. The second kappa shape index (κ2) is 10.5. The highest BCUT2D eigenvalue weighted by atomic mass is 32.1. The molecule has 2 aromatic carbocycles. The number of morpholine rings is 1. The van der Waals surface area contributed by atoms with Crippen LogP contribution in [-0.4, -0.2) is 55.1 Å². The Labute approximate surface area is 229 Å². The Hall–Kier alpha value is -3.88. The molecule has 0 saturated carbocycles. The first-order valence-corrected chi connectivity index (χ1v) is 13.4. The van der Waals surface area contributed by atoms with Gasteiger partial charge in [0.05, 0.1) is 24.9 Å².